The normalized spacial score (nSPS) is 11.3. The minimum absolute atomic E-state index is 0.00177. The third-order valence-electron chi connectivity index (χ3n) is 4.43. The van der Waals surface area contributed by atoms with Crippen molar-refractivity contribution in [2.24, 2.45) is 0 Å². The smallest absolute Gasteiger partial charge is 0.291 e. The third kappa shape index (κ3) is 3.65. The van der Waals surface area contributed by atoms with E-state index in [1.54, 1.807) is 18.2 Å². The number of rotatable bonds is 5. The summed E-state index contributed by atoms with van der Waals surface area (Å²) in [5, 5.41) is 14.2. The van der Waals surface area contributed by atoms with Gasteiger partial charge in [0.1, 0.15) is 5.58 Å². The van der Waals surface area contributed by atoms with Gasteiger partial charge in [0.25, 0.3) is 11.6 Å². The topological polar surface area (TPSA) is 120 Å². The molecule has 0 spiro atoms. The first kappa shape index (κ1) is 19.3. The molecule has 4 aromatic rings. The molecule has 0 bridgehead atoms. The molecule has 0 saturated heterocycles. The van der Waals surface area contributed by atoms with Gasteiger partial charge >= 0.3 is 0 Å². The lowest BCUT2D eigenvalue weighted by Crippen LogP contribution is -2.11. The highest BCUT2D eigenvalue weighted by Crippen LogP contribution is 2.25. The Kier molecular flexibility index (Phi) is 4.80. The molecule has 0 fully saturated rings. The van der Waals surface area contributed by atoms with E-state index in [1.165, 1.54) is 36.4 Å². The first-order valence-corrected chi connectivity index (χ1v) is 10.2. The van der Waals surface area contributed by atoms with E-state index in [1.807, 2.05) is 12.1 Å². The van der Waals surface area contributed by atoms with Gasteiger partial charge in [0, 0.05) is 23.2 Å². The molecule has 0 aliphatic heterocycles. The van der Waals surface area contributed by atoms with E-state index < -0.39 is 20.7 Å². The number of nitrogens with zero attached hydrogens (tertiary/aromatic N) is 1. The second-order valence-electron chi connectivity index (χ2n) is 6.38. The Labute approximate surface area is 170 Å². The lowest BCUT2D eigenvalue weighted by Gasteiger charge is -2.07. The average Bonchev–Trinajstić information content (AvgIpc) is 3.19. The molecule has 4 rings (SSSR count). The summed E-state index contributed by atoms with van der Waals surface area (Å²) in [5.41, 5.74) is 0.785. The van der Waals surface area contributed by atoms with Gasteiger partial charge in [-0.05, 0) is 48.5 Å². The van der Waals surface area contributed by atoms with Crippen LogP contribution in [0.1, 0.15) is 10.6 Å². The van der Waals surface area contributed by atoms with Crippen LogP contribution in [0, 0.1) is 10.1 Å². The third-order valence-corrected chi connectivity index (χ3v) is 6.22. The molecule has 150 valence electrons. The Morgan fingerprint density at radius 1 is 0.900 bits per heavy atom. The molecule has 0 aliphatic rings. The van der Waals surface area contributed by atoms with Gasteiger partial charge in [-0.3, -0.25) is 14.9 Å². The molecule has 1 aromatic heterocycles. The van der Waals surface area contributed by atoms with Crippen LogP contribution in [-0.2, 0) is 9.84 Å². The van der Waals surface area contributed by atoms with E-state index in [-0.39, 0.29) is 21.2 Å². The highest BCUT2D eigenvalue weighted by molar-refractivity contribution is 7.91. The number of nitro groups is 1. The van der Waals surface area contributed by atoms with Crippen LogP contribution in [0.5, 0.6) is 0 Å². The zero-order valence-electron chi connectivity index (χ0n) is 15.3. The Hall–Kier alpha value is -3.98. The van der Waals surface area contributed by atoms with Gasteiger partial charge in [-0.25, -0.2) is 8.42 Å². The van der Waals surface area contributed by atoms with E-state index in [0.29, 0.717) is 11.3 Å². The maximum absolute atomic E-state index is 12.7. The van der Waals surface area contributed by atoms with Gasteiger partial charge in [0.2, 0.25) is 9.84 Å². The van der Waals surface area contributed by atoms with Crippen LogP contribution in [0.25, 0.3) is 11.0 Å². The van der Waals surface area contributed by atoms with E-state index in [9.17, 15) is 23.3 Å². The van der Waals surface area contributed by atoms with Crippen molar-refractivity contribution in [3.63, 3.8) is 0 Å². The van der Waals surface area contributed by atoms with Crippen molar-refractivity contribution in [1.29, 1.82) is 0 Å². The summed E-state index contributed by atoms with van der Waals surface area (Å²) >= 11 is 0. The largest absolute Gasteiger partial charge is 0.451 e. The van der Waals surface area contributed by atoms with E-state index >= 15 is 0 Å². The standard InChI is InChI=1S/C21H14N2O6S/c24-21(20-13-14-3-1-2-4-19(14)29-20)22-15-5-9-17(10-6-15)30(27,28)18-11-7-16(8-12-18)23(25)26/h1-13H,(H,22,24). The van der Waals surface area contributed by atoms with Crippen molar-refractivity contribution in [3.8, 4) is 0 Å². The molecule has 0 saturated carbocycles. The Balaban J connectivity index is 1.53. The molecule has 0 aliphatic carbocycles. The number of hydrogen-bond acceptors (Lipinski definition) is 6. The number of amides is 1. The number of carbonyl (C=O) groups excluding carboxylic acids is 1. The monoisotopic (exact) mass is 422 g/mol. The summed E-state index contributed by atoms with van der Waals surface area (Å²) in [6.45, 7) is 0. The molecule has 30 heavy (non-hydrogen) atoms. The van der Waals surface area contributed by atoms with E-state index in [0.717, 1.165) is 17.5 Å². The Morgan fingerprint density at radius 2 is 1.50 bits per heavy atom. The summed E-state index contributed by atoms with van der Waals surface area (Å²) in [6, 6.07) is 19.1. The van der Waals surface area contributed by atoms with E-state index in [4.69, 9.17) is 4.42 Å². The summed E-state index contributed by atoms with van der Waals surface area (Å²) in [4.78, 5) is 22.5. The van der Waals surface area contributed by atoms with Gasteiger partial charge in [-0.2, -0.15) is 0 Å². The van der Waals surface area contributed by atoms with Gasteiger partial charge in [0.15, 0.2) is 5.76 Å². The molecular formula is C21H14N2O6S. The van der Waals surface area contributed by atoms with Crippen molar-refractivity contribution in [2.45, 2.75) is 9.79 Å². The number of furan rings is 1. The molecule has 0 radical (unpaired) electrons. The van der Waals surface area contributed by atoms with Gasteiger partial charge in [0.05, 0.1) is 14.7 Å². The highest BCUT2D eigenvalue weighted by atomic mass is 32.2. The highest BCUT2D eigenvalue weighted by Gasteiger charge is 2.19. The molecule has 8 nitrogen and oxygen atoms in total. The number of benzene rings is 3. The Morgan fingerprint density at radius 3 is 2.10 bits per heavy atom. The van der Waals surface area contributed by atoms with Gasteiger partial charge < -0.3 is 9.73 Å². The lowest BCUT2D eigenvalue weighted by molar-refractivity contribution is -0.384. The maximum atomic E-state index is 12.7. The van der Waals surface area contributed by atoms with Gasteiger partial charge in [-0.1, -0.05) is 18.2 Å². The maximum Gasteiger partial charge on any atom is 0.291 e. The molecule has 9 heteroatoms. The fourth-order valence-corrected chi connectivity index (χ4v) is 4.15. The number of hydrogen-bond donors (Lipinski definition) is 1. The molecule has 1 N–H and O–H groups in total. The minimum Gasteiger partial charge on any atom is -0.451 e. The SMILES string of the molecule is O=C(Nc1ccc(S(=O)(=O)c2ccc([N+](=O)[O-])cc2)cc1)c1cc2ccccc2o1. The van der Waals surface area contributed by atoms with Gasteiger partial charge in [-0.15, -0.1) is 0 Å². The molecular weight excluding hydrogens is 408 g/mol. The number of para-hydroxylation sites is 1. The number of anilines is 1. The van der Waals surface area contributed by atoms with E-state index in [2.05, 4.69) is 5.32 Å². The lowest BCUT2D eigenvalue weighted by atomic mass is 10.2. The summed E-state index contributed by atoms with van der Waals surface area (Å²) in [6.07, 6.45) is 0. The summed E-state index contributed by atoms with van der Waals surface area (Å²) in [5.74, 6) is -0.323. The number of fused-ring (bicyclic) bond motifs is 1. The fourth-order valence-electron chi connectivity index (χ4n) is 2.89. The number of nitro benzene ring substituents is 1. The van der Waals surface area contributed by atoms with Crippen molar-refractivity contribution in [1.82, 2.24) is 0 Å². The second kappa shape index (κ2) is 7.45. The zero-order valence-corrected chi connectivity index (χ0v) is 16.1. The van der Waals surface area contributed by atoms with Crippen molar-refractivity contribution >= 4 is 38.1 Å². The van der Waals surface area contributed by atoms with Crippen molar-refractivity contribution < 1.29 is 22.6 Å². The number of nitrogens with one attached hydrogen (secondary N) is 1. The van der Waals surface area contributed by atoms with Crippen LogP contribution >= 0.6 is 0 Å². The van der Waals surface area contributed by atoms with Crippen LogP contribution < -0.4 is 5.32 Å². The first-order chi connectivity index (χ1) is 14.3. The Bertz CT molecular complexity index is 1320. The van der Waals surface area contributed by atoms with Crippen molar-refractivity contribution in [3.05, 3.63) is 94.7 Å². The van der Waals surface area contributed by atoms with Crippen LogP contribution in [0.4, 0.5) is 11.4 Å². The molecule has 1 amide bonds. The van der Waals surface area contributed by atoms with Crippen LogP contribution in [0.15, 0.2) is 93.1 Å². The molecule has 0 atom stereocenters. The number of non-ortho nitro benzene ring substituents is 1. The quantitative estimate of drug-likeness (QED) is 0.375. The summed E-state index contributed by atoms with van der Waals surface area (Å²) < 4.78 is 30.9. The van der Waals surface area contributed by atoms with Crippen LogP contribution in [0.3, 0.4) is 0 Å². The minimum atomic E-state index is -3.85. The number of sulfone groups is 1. The molecule has 3 aromatic carbocycles. The fraction of sp³-hybridized carbons (Fsp3) is 0. The predicted octanol–water partition coefficient (Wildman–Crippen LogP) is 4.43. The van der Waals surface area contributed by atoms with Crippen LogP contribution in [-0.4, -0.2) is 19.2 Å². The first-order valence-electron chi connectivity index (χ1n) is 8.74. The molecule has 1 heterocycles. The summed E-state index contributed by atoms with van der Waals surface area (Å²) in [7, 11) is -3.85. The average molecular weight is 422 g/mol. The number of carbonyl (C=O) groups is 1. The zero-order chi connectivity index (χ0) is 21.3. The van der Waals surface area contributed by atoms with Crippen molar-refractivity contribution in [2.75, 3.05) is 5.32 Å². The second-order valence-corrected chi connectivity index (χ2v) is 8.33. The van der Waals surface area contributed by atoms with Crippen LogP contribution in [0.2, 0.25) is 0 Å². The molecule has 0 unspecified atom stereocenters. The predicted molar refractivity (Wildman–Crippen MR) is 109 cm³/mol.